The van der Waals surface area contributed by atoms with Crippen LogP contribution >= 0.6 is 0 Å². The molecule has 1 fully saturated rings. The average Bonchev–Trinajstić information content (AvgIpc) is 2.80. The van der Waals surface area contributed by atoms with E-state index in [4.69, 9.17) is 5.26 Å². The third kappa shape index (κ3) is 4.21. The molecule has 1 atom stereocenters. The van der Waals surface area contributed by atoms with Gasteiger partial charge >= 0.3 is 5.97 Å². The van der Waals surface area contributed by atoms with Crippen LogP contribution in [0.15, 0.2) is 0 Å². The molecule has 0 amide bonds. The third-order valence-corrected chi connectivity index (χ3v) is 4.39. The van der Waals surface area contributed by atoms with E-state index in [2.05, 4.69) is 11.0 Å². The fraction of sp³-hybridized carbons (Fsp3) is 0.867. The molecule has 0 radical (unpaired) electrons. The zero-order chi connectivity index (χ0) is 14.5. The largest absolute Gasteiger partial charge is 0.481 e. The summed E-state index contributed by atoms with van der Waals surface area (Å²) in [5, 5.41) is 18.3. The molecule has 4 heteroatoms. The quantitative estimate of drug-likeness (QED) is 0.720. The minimum atomic E-state index is -0.650. The molecule has 1 heterocycles. The first-order valence-corrected chi connectivity index (χ1v) is 7.22. The Bertz CT molecular complexity index is 360. The fourth-order valence-electron chi connectivity index (χ4n) is 2.72. The lowest BCUT2D eigenvalue weighted by Gasteiger charge is -2.23. The van der Waals surface area contributed by atoms with Gasteiger partial charge in [0, 0.05) is 6.54 Å². The molecule has 1 unspecified atom stereocenters. The molecule has 0 aliphatic carbocycles. The maximum Gasteiger partial charge on any atom is 0.310 e. The van der Waals surface area contributed by atoms with E-state index in [-0.39, 0.29) is 5.41 Å². The lowest BCUT2D eigenvalue weighted by atomic mass is 9.84. The molecule has 1 aliphatic heterocycles. The van der Waals surface area contributed by atoms with Crippen LogP contribution in [0.25, 0.3) is 0 Å². The Morgan fingerprint density at radius 3 is 2.63 bits per heavy atom. The van der Waals surface area contributed by atoms with Crippen LogP contribution in [0.3, 0.4) is 0 Å². The van der Waals surface area contributed by atoms with Crippen LogP contribution < -0.4 is 0 Å². The summed E-state index contributed by atoms with van der Waals surface area (Å²) in [6, 6.07) is 2.32. The van der Waals surface area contributed by atoms with Crippen LogP contribution in [0.5, 0.6) is 0 Å². The van der Waals surface area contributed by atoms with Crippen molar-refractivity contribution < 1.29 is 9.90 Å². The van der Waals surface area contributed by atoms with Gasteiger partial charge in [-0.05, 0) is 52.6 Å². The first-order valence-electron chi connectivity index (χ1n) is 7.22. The summed E-state index contributed by atoms with van der Waals surface area (Å²) < 4.78 is 0. The molecule has 0 aromatic rings. The van der Waals surface area contributed by atoms with E-state index in [1.165, 1.54) is 0 Å². The van der Waals surface area contributed by atoms with Crippen molar-refractivity contribution in [2.45, 2.75) is 52.9 Å². The highest BCUT2D eigenvalue weighted by molar-refractivity contribution is 5.75. The van der Waals surface area contributed by atoms with E-state index < -0.39 is 11.4 Å². The van der Waals surface area contributed by atoms with E-state index in [1.54, 1.807) is 0 Å². The predicted molar refractivity (Wildman–Crippen MR) is 74.7 cm³/mol. The number of hydrogen-bond acceptors (Lipinski definition) is 3. The summed E-state index contributed by atoms with van der Waals surface area (Å²) in [7, 11) is 0. The van der Waals surface area contributed by atoms with Gasteiger partial charge in [-0.15, -0.1) is 0 Å². The highest BCUT2D eigenvalue weighted by Crippen LogP contribution is 2.34. The molecular formula is C15H26N2O2. The number of unbranched alkanes of at least 4 members (excludes halogenated alkanes) is 1. The Morgan fingerprint density at radius 1 is 1.47 bits per heavy atom. The second-order valence-electron chi connectivity index (χ2n) is 6.42. The highest BCUT2D eigenvalue weighted by atomic mass is 16.4. The van der Waals surface area contributed by atoms with Crippen molar-refractivity contribution in [3.8, 4) is 6.07 Å². The van der Waals surface area contributed by atoms with Crippen molar-refractivity contribution in [3.63, 3.8) is 0 Å². The first kappa shape index (κ1) is 16.0. The molecule has 1 rings (SSSR count). The molecule has 1 aliphatic rings. The van der Waals surface area contributed by atoms with Crippen molar-refractivity contribution in [3.05, 3.63) is 0 Å². The highest BCUT2D eigenvalue weighted by Gasteiger charge is 2.42. The van der Waals surface area contributed by atoms with Gasteiger partial charge in [-0.3, -0.25) is 4.79 Å². The molecule has 1 saturated heterocycles. The van der Waals surface area contributed by atoms with Gasteiger partial charge in [0.1, 0.15) is 0 Å². The van der Waals surface area contributed by atoms with Gasteiger partial charge in [0.25, 0.3) is 0 Å². The number of nitriles is 1. The normalized spacial score (nSPS) is 24.3. The SMILES string of the molecule is CCC1(C(=O)O)CCN(CCCCC(C)(C)C#N)C1. The number of carbonyl (C=O) groups is 1. The summed E-state index contributed by atoms with van der Waals surface area (Å²) in [5.74, 6) is -0.650. The van der Waals surface area contributed by atoms with Crippen molar-refractivity contribution >= 4 is 5.97 Å². The van der Waals surface area contributed by atoms with Crippen LogP contribution in [0.2, 0.25) is 0 Å². The first-order chi connectivity index (χ1) is 8.85. The summed E-state index contributed by atoms with van der Waals surface area (Å²) in [6.45, 7) is 8.43. The van der Waals surface area contributed by atoms with Crippen LogP contribution in [-0.4, -0.2) is 35.6 Å². The zero-order valence-electron chi connectivity index (χ0n) is 12.4. The van der Waals surface area contributed by atoms with Crippen LogP contribution in [0, 0.1) is 22.2 Å². The summed E-state index contributed by atoms with van der Waals surface area (Å²) in [5.41, 5.74) is -0.759. The van der Waals surface area contributed by atoms with E-state index in [9.17, 15) is 9.90 Å². The standard InChI is InChI=1S/C15H26N2O2/c1-4-15(13(18)19)8-10-17(12-15)9-6-5-7-14(2,3)11-16/h4-10,12H2,1-3H3,(H,18,19). The molecule has 0 spiro atoms. The Balaban J connectivity index is 2.30. The third-order valence-electron chi connectivity index (χ3n) is 4.39. The Labute approximate surface area is 116 Å². The van der Waals surface area contributed by atoms with Gasteiger partial charge in [-0.25, -0.2) is 0 Å². The van der Waals surface area contributed by atoms with Crippen LogP contribution in [0.1, 0.15) is 52.9 Å². The van der Waals surface area contributed by atoms with Crippen molar-refractivity contribution in [1.29, 1.82) is 5.26 Å². The van der Waals surface area contributed by atoms with Gasteiger partial charge in [-0.1, -0.05) is 13.3 Å². The molecule has 1 N–H and O–H groups in total. The molecule has 0 saturated carbocycles. The fourth-order valence-corrected chi connectivity index (χ4v) is 2.72. The lowest BCUT2D eigenvalue weighted by Crippen LogP contribution is -2.34. The Kier molecular flexibility index (Phi) is 5.37. The number of hydrogen-bond donors (Lipinski definition) is 1. The molecule has 4 nitrogen and oxygen atoms in total. The van der Waals surface area contributed by atoms with E-state index in [0.717, 1.165) is 38.8 Å². The number of aliphatic carboxylic acids is 1. The van der Waals surface area contributed by atoms with Gasteiger partial charge < -0.3 is 10.0 Å². The second kappa shape index (κ2) is 6.38. The van der Waals surface area contributed by atoms with Gasteiger partial charge in [0.2, 0.25) is 0 Å². The smallest absolute Gasteiger partial charge is 0.310 e. The maximum absolute atomic E-state index is 11.3. The molecule has 108 valence electrons. The minimum absolute atomic E-state index is 0.237. The number of rotatable bonds is 7. The minimum Gasteiger partial charge on any atom is -0.481 e. The summed E-state index contributed by atoms with van der Waals surface area (Å²) >= 11 is 0. The van der Waals surface area contributed by atoms with E-state index in [0.29, 0.717) is 13.0 Å². The molecular weight excluding hydrogens is 240 g/mol. The molecule has 0 aromatic heterocycles. The zero-order valence-corrected chi connectivity index (χ0v) is 12.4. The molecule has 0 aromatic carbocycles. The Hall–Kier alpha value is -1.08. The predicted octanol–water partition coefficient (Wildman–Crippen LogP) is 2.89. The van der Waals surface area contributed by atoms with E-state index in [1.807, 2.05) is 20.8 Å². The number of carboxylic acids is 1. The average molecular weight is 266 g/mol. The second-order valence-corrected chi connectivity index (χ2v) is 6.42. The monoisotopic (exact) mass is 266 g/mol. The Morgan fingerprint density at radius 2 is 2.16 bits per heavy atom. The van der Waals surface area contributed by atoms with Crippen molar-refractivity contribution in [2.75, 3.05) is 19.6 Å². The molecule has 0 bridgehead atoms. The lowest BCUT2D eigenvalue weighted by molar-refractivity contribution is -0.148. The summed E-state index contributed by atoms with van der Waals surface area (Å²) in [4.78, 5) is 13.6. The number of nitrogens with zero attached hydrogens (tertiary/aromatic N) is 2. The maximum atomic E-state index is 11.3. The van der Waals surface area contributed by atoms with Crippen molar-refractivity contribution in [2.24, 2.45) is 10.8 Å². The van der Waals surface area contributed by atoms with Crippen LogP contribution in [-0.2, 0) is 4.79 Å². The summed E-state index contributed by atoms with van der Waals surface area (Å²) in [6.07, 6.45) is 4.46. The number of carboxylic acid groups (broad SMARTS) is 1. The number of likely N-dealkylation sites (tertiary alicyclic amines) is 1. The topological polar surface area (TPSA) is 64.3 Å². The van der Waals surface area contributed by atoms with Gasteiger partial charge in [-0.2, -0.15) is 5.26 Å². The molecule has 19 heavy (non-hydrogen) atoms. The van der Waals surface area contributed by atoms with Gasteiger partial charge in [0.15, 0.2) is 0 Å². The van der Waals surface area contributed by atoms with Gasteiger partial charge in [0.05, 0.1) is 16.9 Å². The van der Waals surface area contributed by atoms with Crippen molar-refractivity contribution in [1.82, 2.24) is 4.90 Å². The van der Waals surface area contributed by atoms with E-state index >= 15 is 0 Å². The van der Waals surface area contributed by atoms with Crippen LogP contribution in [0.4, 0.5) is 0 Å².